The van der Waals surface area contributed by atoms with Crippen LogP contribution in [-0.4, -0.2) is 41.0 Å². The van der Waals surface area contributed by atoms with Crippen molar-refractivity contribution in [2.75, 3.05) is 18.4 Å². The predicted molar refractivity (Wildman–Crippen MR) is 85.2 cm³/mol. The fourth-order valence-electron chi connectivity index (χ4n) is 2.90. The Hall–Kier alpha value is -2.57. The van der Waals surface area contributed by atoms with Crippen molar-refractivity contribution < 1.29 is 19.5 Å². The van der Waals surface area contributed by atoms with Crippen molar-refractivity contribution in [3.8, 4) is 0 Å². The van der Waals surface area contributed by atoms with Gasteiger partial charge in [0.15, 0.2) is 0 Å². The maximum atomic E-state index is 12.4. The quantitative estimate of drug-likeness (QED) is 0.786. The number of aliphatic carboxylic acids is 1. The number of nitrogens with two attached hydrogens (primary N) is 1. The van der Waals surface area contributed by atoms with Crippen LogP contribution in [0.1, 0.15) is 29.3 Å². The minimum atomic E-state index is -0.888. The lowest BCUT2D eigenvalue weighted by molar-refractivity contribution is -0.143. The van der Waals surface area contributed by atoms with Crippen LogP contribution < -0.4 is 11.1 Å². The van der Waals surface area contributed by atoms with Crippen LogP contribution in [0, 0.1) is 18.8 Å². The fraction of sp³-hybridized carbons (Fsp3) is 0.438. The highest BCUT2D eigenvalue weighted by molar-refractivity contribution is 5.96. The van der Waals surface area contributed by atoms with Gasteiger partial charge in [-0.1, -0.05) is 6.92 Å². The molecule has 0 aliphatic carbocycles. The highest BCUT2D eigenvalue weighted by atomic mass is 16.4. The number of carboxylic acid groups (broad SMARTS) is 1. The van der Waals surface area contributed by atoms with E-state index >= 15 is 0 Å². The molecule has 0 saturated carbocycles. The monoisotopic (exact) mass is 319 g/mol. The van der Waals surface area contributed by atoms with Gasteiger partial charge in [0.1, 0.15) is 0 Å². The molecular weight excluding hydrogens is 298 g/mol. The van der Waals surface area contributed by atoms with Crippen LogP contribution in [-0.2, 0) is 4.79 Å². The topological polar surface area (TPSA) is 113 Å². The molecule has 23 heavy (non-hydrogen) atoms. The molecular formula is C16H21N3O4. The van der Waals surface area contributed by atoms with Gasteiger partial charge >= 0.3 is 12.0 Å². The lowest BCUT2D eigenvalue weighted by Crippen LogP contribution is -2.47. The molecule has 0 radical (unpaired) electrons. The number of nitrogens with one attached hydrogen (secondary N) is 1. The van der Waals surface area contributed by atoms with Gasteiger partial charge < -0.3 is 21.1 Å². The molecule has 0 spiro atoms. The van der Waals surface area contributed by atoms with E-state index in [0.717, 1.165) is 5.56 Å². The first-order valence-corrected chi connectivity index (χ1v) is 7.46. The zero-order valence-corrected chi connectivity index (χ0v) is 13.2. The van der Waals surface area contributed by atoms with Gasteiger partial charge in [0.25, 0.3) is 0 Å². The third kappa shape index (κ3) is 4.21. The summed E-state index contributed by atoms with van der Waals surface area (Å²) in [6, 6.07) is 4.51. The Labute approximate surface area is 134 Å². The molecule has 0 aromatic heterocycles. The van der Waals surface area contributed by atoms with E-state index in [0.29, 0.717) is 24.2 Å². The number of carbonyl (C=O) groups excluding carboxylic acids is 2. The number of anilines is 1. The molecule has 7 heteroatoms. The first kappa shape index (κ1) is 16.8. The average molecular weight is 319 g/mol. The summed E-state index contributed by atoms with van der Waals surface area (Å²) >= 11 is 0. The fourth-order valence-corrected chi connectivity index (χ4v) is 2.90. The highest BCUT2D eigenvalue weighted by Gasteiger charge is 2.31. The second-order valence-electron chi connectivity index (χ2n) is 6.16. The Bertz CT molecular complexity index is 644. The van der Waals surface area contributed by atoms with Gasteiger partial charge in [0.2, 0.25) is 5.91 Å². The molecule has 4 N–H and O–H groups in total. The highest BCUT2D eigenvalue weighted by Crippen LogP contribution is 2.23. The van der Waals surface area contributed by atoms with Crippen molar-refractivity contribution in [2.45, 2.75) is 20.3 Å². The number of primary amides is 1. The number of carboxylic acids is 1. The first-order chi connectivity index (χ1) is 10.8. The average Bonchev–Trinajstić information content (AvgIpc) is 2.45. The summed E-state index contributed by atoms with van der Waals surface area (Å²) in [5.41, 5.74) is 6.85. The standard InChI is InChI=1S/C16H21N3O4/c1-9-3-11(14(17)20)6-13(5-9)18-16(23)19-7-10(2)4-12(8-19)15(21)22/h3,5-6,10,12H,4,7-8H2,1-2H3,(H2,17,20)(H,18,23)(H,21,22). The number of aryl methyl sites for hydroxylation is 1. The van der Waals surface area contributed by atoms with E-state index in [-0.39, 0.29) is 18.5 Å². The lowest BCUT2D eigenvalue weighted by atomic mass is 9.91. The van der Waals surface area contributed by atoms with E-state index < -0.39 is 17.8 Å². The van der Waals surface area contributed by atoms with Crippen molar-refractivity contribution in [1.29, 1.82) is 0 Å². The Morgan fingerprint density at radius 1 is 1.26 bits per heavy atom. The number of amides is 3. The molecule has 124 valence electrons. The summed E-state index contributed by atoms with van der Waals surface area (Å²) in [7, 11) is 0. The smallest absolute Gasteiger partial charge is 0.321 e. The number of piperidine rings is 1. The molecule has 1 aromatic rings. The minimum absolute atomic E-state index is 0.120. The van der Waals surface area contributed by atoms with E-state index in [1.54, 1.807) is 19.1 Å². The van der Waals surface area contributed by atoms with Crippen molar-refractivity contribution in [3.63, 3.8) is 0 Å². The van der Waals surface area contributed by atoms with Crippen LogP contribution in [0.2, 0.25) is 0 Å². The Morgan fingerprint density at radius 2 is 1.96 bits per heavy atom. The van der Waals surface area contributed by atoms with Crippen molar-refractivity contribution in [1.82, 2.24) is 4.90 Å². The summed E-state index contributed by atoms with van der Waals surface area (Å²) in [5, 5.41) is 11.9. The molecule has 1 aliphatic heterocycles. The maximum Gasteiger partial charge on any atom is 0.321 e. The third-order valence-corrected chi connectivity index (χ3v) is 3.91. The van der Waals surface area contributed by atoms with Gasteiger partial charge in [-0.15, -0.1) is 0 Å². The van der Waals surface area contributed by atoms with Gasteiger partial charge in [-0.3, -0.25) is 9.59 Å². The molecule has 2 unspecified atom stereocenters. The van der Waals surface area contributed by atoms with Crippen LogP contribution in [0.3, 0.4) is 0 Å². The van der Waals surface area contributed by atoms with Crippen LogP contribution in [0.4, 0.5) is 10.5 Å². The molecule has 2 atom stereocenters. The summed E-state index contributed by atoms with van der Waals surface area (Å²) in [5.74, 6) is -1.89. The van der Waals surface area contributed by atoms with Gasteiger partial charge in [-0.25, -0.2) is 4.79 Å². The second-order valence-corrected chi connectivity index (χ2v) is 6.16. The number of likely N-dealkylation sites (tertiary alicyclic amines) is 1. The molecule has 2 rings (SSSR count). The van der Waals surface area contributed by atoms with E-state index in [1.165, 1.54) is 11.0 Å². The summed E-state index contributed by atoms with van der Waals surface area (Å²) in [6.07, 6.45) is 0.565. The summed E-state index contributed by atoms with van der Waals surface area (Å²) in [4.78, 5) is 36.3. The van der Waals surface area contributed by atoms with Gasteiger partial charge in [-0.05, 0) is 43.0 Å². The molecule has 3 amide bonds. The van der Waals surface area contributed by atoms with Crippen LogP contribution >= 0.6 is 0 Å². The Morgan fingerprint density at radius 3 is 2.57 bits per heavy atom. The minimum Gasteiger partial charge on any atom is -0.481 e. The maximum absolute atomic E-state index is 12.4. The normalized spacial score (nSPS) is 20.9. The molecule has 0 bridgehead atoms. The molecule has 1 heterocycles. The Balaban J connectivity index is 2.12. The molecule has 1 aromatic carbocycles. The predicted octanol–water partition coefficient (Wildman–Crippen LogP) is 1.67. The number of carbonyl (C=O) groups is 3. The van der Waals surface area contributed by atoms with Gasteiger partial charge in [0, 0.05) is 24.3 Å². The number of hydrogen-bond acceptors (Lipinski definition) is 3. The first-order valence-electron chi connectivity index (χ1n) is 7.46. The Kier molecular flexibility index (Phi) is 4.88. The number of benzene rings is 1. The van der Waals surface area contributed by atoms with E-state index in [9.17, 15) is 14.4 Å². The number of urea groups is 1. The van der Waals surface area contributed by atoms with Crippen molar-refractivity contribution in [3.05, 3.63) is 29.3 Å². The van der Waals surface area contributed by atoms with Crippen LogP contribution in [0.5, 0.6) is 0 Å². The zero-order chi connectivity index (χ0) is 17.1. The summed E-state index contributed by atoms with van der Waals surface area (Å²) in [6.45, 7) is 4.41. The van der Waals surface area contributed by atoms with Gasteiger partial charge in [-0.2, -0.15) is 0 Å². The van der Waals surface area contributed by atoms with E-state index in [1.807, 2.05) is 6.92 Å². The van der Waals surface area contributed by atoms with E-state index in [4.69, 9.17) is 10.8 Å². The SMILES string of the molecule is Cc1cc(NC(=O)N2CC(C)CC(C(=O)O)C2)cc(C(N)=O)c1. The third-order valence-electron chi connectivity index (χ3n) is 3.91. The van der Waals surface area contributed by atoms with Gasteiger partial charge in [0.05, 0.1) is 5.92 Å². The van der Waals surface area contributed by atoms with Crippen LogP contribution in [0.25, 0.3) is 0 Å². The number of hydrogen-bond donors (Lipinski definition) is 3. The van der Waals surface area contributed by atoms with Crippen molar-refractivity contribution in [2.24, 2.45) is 17.6 Å². The summed E-state index contributed by atoms with van der Waals surface area (Å²) < 4.78 is 0. The molecule has 1 saturated heterocycles. The largest absolute Gasteiger partial charge is 0.481 e. The van der Waals surface area contributed by atoms with Crippen molar-refractivity contribution >= 4 is 23.6 Å². The van der Waals surface area contributed by atoms with E-state index in [2.05, 4.69) is 5.32 Å². The van der Waals surface area contributed by atoms with Crippen LogP contribution in [0.15, 0.2) is 18.2 Å². The second kappa shape index (κ2) is 6.68. The number of rotatable bonds is 3. The molecule has 1 aliphatic rings. The molecule has 7 nitrogen and oxygen atoms in total. The number of nitrogens with zero attached hydrogens (tertiary/aromatic N) is 1. The lowest BCUT2D eigenvalue weighted by Gasteiger charge is -2.34. The zero-order valence-electron chi connectivity index (χ0n) is 13.2. The molecule has 1 fully saturated rings.